The van der Waals surface area contributed by atoms with Crippen LogP contribution in [0.4, 0.5) is 10.6 Å². The highest BCUT2D eigenvalue weighted by molar-refractivity contribution is 5.74. The van der Waals surface area contributed by atoms with Crippen molar-refractivity contribution in [2.24, 2.45) is 0 Å². The molecule has 5 nitrogen and oxygen atoms in total. The van der Waals surface area contributed by atoms with Crippen molar-refractivity contribution in [1.29, 1.82) is 0 Å². The molecule has 1 heterocycles. The number of benzene rings is 1. The van der Waals surface area contributed by atoms with E-state index in [9.17, 15) is 4.79 Å². The minimum Gasteiger partial charge on any atom is -0.362 e. The van der Waals surface area contributed by atoms with Crippen LogP contribution in [0.3, 0.4) is 0 Å². The third kappa shape index (κ3) is 4.10. The number of carbonyl (C=O) groups excluding carboxylic acids is 1. The van der Waals surface area contributed by atoms with E-state index in [4.69, 9.17) is 0 Å². The van der Waals surface area contributed by atoms with Crippen LogP contribution in [0.25, 0.3) is 0 Å². The molecule has 0 saturated heterocycles. The summed E-state index contributed by atoms with van der Waals surface area (Å²) in [6.07, 6.45) is 4.95. The molecule has 0 aliphatic heterocycles. The Morgan fingerprint density at radius 1 is 1.32 bits per heavy atom. The van der Waals surface area contributed by atoms with Crippen LogP contribution in [0, 0.1) is 6.92 Å². The second-order valence-electron chi connectivity index (χ2n) is 6.85. The van der Waals surface area contributed by atoms with Crippen molar-refractivity contribution in [3.05, 3.63) is 58.8 Å². The molecule has 132 valence electrons. The van der Waals surface area contributed by atoms with E-state index in [1.165, 1.54) is 16.7 Å². The molecule has 0 fully saturated rings. The SMILES string of the molecule is Cc1ccc2c(c1)C(NC(=O)NCc1cccnc1N(C)C)CCC2. The maximum Gasteiger partial charge on any atom is 0.315 e. The second-order valence-corrected chi connectivity index (χ2v) is 6.85. The maximum atomic E-state index is 12.4. The van der Waals surface area contributed by atoms with Crippen molar-refractivity contribution in [2.45, 2.75) is 38.8 Å². The van der Waals surface area contributed by atoms with E-state index in [2.05, 4.69) is 40.7 Å². The molecule has 1 aliphatic carbocycles. The van der Waals surface area contributed by atoms with Gasteiger partial charge in [-0.25, -0.2) is 9.78 Å². The molecule has 0 radical (unpaired) electrons. The van der Waals surface area contributed by atoms with Crippen molar-refractivity contribution in [3.63, 3.8) is 0 Å². The number of aromatic nitrogens is 1. The van der Waals surface area contributed by atoms with Crippen molar-refractivity contribution in [3.8, 4) is 0 Å². The Hall–Kier alpha value is -2.56. The van der Waals surface area contributed by atoms with Gasteiger partial charge in [-0.3, -0.25) is 0 Å². The third-order valence-electron chi connectivity index (χ3n) is 4.65. The highest BCUT2D eigenvalue weighted by Crippen LogP contribution is 2.30. The Bertz CT molecular complexity index is 757. The summed E-state index contributed by atoms with van der Waals surface area (Å²) in [7, 11) is 3.90. The van der Waals surface area contributed by atoms with E-state index in [1.54, 1.807) is 6.20 Å². The van der Waals surface area contributed by atoms with E-state index in [-0.39, 0.29) is 12.1 Å². The Morgan fingerprint density at radius 2 is 2.16 bits per heavy atom. The predicted octanol–water partition coefficient (Wildman–Crippen LogP) is 3.33. The van der Waals surface area contributed by atoms with Gasteiger partial charge in [-0.1, -0.05) is 29.8 Å². The molecule has 0 bridgehead atoms. The van der Waals surface area contributed by atoms with Crippen LogP contribution in [0.2, 0.25) is 0 Å². The molecule has 2 N–H and O–H groups in total. The number of urea groups is 1. The van der Waals surface area contributed by atoms with E-state index in [0.717, 1.165) is 30.6 Å². The molecule has 1 unspecified atom stereocenters. The predicted molar refractivity (Wildman–Crippen MR) is 101 cm³/mol. The molecular weight excluding hydrogens is 312 g/mol. The number of nitrogens with one attached hydrogen (secondary N) is 2. The van der Waals surface area contributed by atoms with Gasteiger partial charge >= 0.3 is 6.03 Å². The van der Waals surface area contributed by atoms with Gasteiger partial charge in [-0.2, -0.15) is 0 Å². The van der Waals surface area contributed by atoms with Crippen LogP contribution in [-0.4, -0.2) is 25.1 Å². The number of hydrogen-bond donors (Lipinski definition) is 2. The molecular formula is C20H26N4O. The van der Waals surface area contributed by atoms with Crippen molar-refractivity contribution in [1.82, 2.24) is 15.6 Å². The quantitative estimate of drug-likeness (QED) is 0.899. The molecule has 1 aromatic carbocycles. The summed E-state index contributed by atoms with van der Waals surface area (Å²) in [6, 6.07) is 10.4. The summed E-state index contributed by atoms with van der Waals surface area (Å²) in [5, 5.41) is 6.11. The zero-order valence-corrected chi connectivity index (χ0v) is 15.2. The van der Waals surface area contributed by atoms with Crippen molar-refractivity contribution >= 4 is 11.8 Å². The topological polar surface area (TPSA) is 57.3 Å². The number of rotatable bonds is 4. The lowest BCUT2D eigenvalue weighted by atomic mass is 9.87. The van der Waals surface area contributed by atoms with Crippen LogP contribution in [0.1, 0.15) is 41.1 Å². The smallest absolute Gasteiger partial charge is 0.315 e. The Balaban J connectivity index is 1.64. The summed E-state index contributed by atoms with van der Waals surface area (Å²) in [5.41, 5.74) is 4.85. The fourth-order valence-electron chi connectivity index (χ4n) is 3.42. The first-order valence-electron chi connectivity index (χ1n) is 8.79. The van der Waals surface area contributed by atoms with Crippen LogP contribution in [-0.2, 0) is 13.0 Å². The van der Waals surface area contributed by atoms with E-state index in [0.29, 0.717) is 6.54 Å². The standard InChI is InChI=1S/C20H26N4O/c1-14-9-10-15-6-4-8-18(17(15)12-14)23-20(25)22-13-16-7-5-11-21-19(16)24(2)3/h5,7,9-12,18H,4,6,8,13H2,1-3H3,(H2,22,23,25). The number of pyridine rings is 1. The number of anilines is 1. The molecule has 2 amide bonds. The van der Waals surface area contributed by atoms with E-state index >= 15 is 0 Å². The zero-order valence-electron chi connectivity index (χ0n) is 15.2. The van der Waals surface area contributed by atoms with E-state index < -0.39 is 0 Å². The van der Waals surface area contributed by atoms with Gasteiger partial charge in [0.15, 0.2) is 0 Å². The highest BCUT2D eigenvalue weighted by Gasteiger charge is 2.21. The molecule has 5 heteroatoms. The Labute approximate surface area is 149 Å². The lowest BCUT2D eigenvalue weighted by Crippen LogP contribution is -2.39. The van der Waals surface area contributed by atoms with Gasteiger partial charge in [0.05, 0.1) is 6.04 Å². The van der Waals surface area contributed by atoms with Gasteiger partial charge in [0.25, 0.3) is 0 Å². The molecule has 1 aliphatic rings. The lowest BCUT2D eigenvalue weighted by Gasteiger charge is -2.27. The molecule has 0 spiro atoms. The normalized spacial score (nSPS) is 16.0. The van der Waals surface area contributed by atoms with Crippen LogP contribution < -0.4 is 15.5 Å². The van der Waals surface area contributed by atoms with E-state index in [1.807, 2.05) is 31.1 Å². The second kappa shape index (κ2) is 7.55. The van der Waals surface area contributed by atoms with Crippen LogP contribution in [0.15, 0.2) is 36.5 Å². The summed E-state index contributed by atoms with van der Waals surface area (Å²) in [4.78, 5) is 18.7. The summed E-state index contributed by atoms with van der Waals surface area (Å²) >= 11 is 0. The first-order valence-corrected chi connectivity index (χ1v) is 8.79. The fourth-order valence-corrected chi connectivity index (χ4v) is 3.42. The number of nitrogens with zero attached hydrogens (tertiary/aromatic N) is 2. The highest BCUT2D eigenvalue weighted by atomic mass is 16.2. The number of fused-ring (bicyclic) bond motifs is 1. The van der Waals surface area contributed by atoms with Gasteiger partial charge in [0.2, 0.25) is 0 Å². The van der Waals surface area contributed by atoms with Crippen molar-refractivity contribution in [2.75, 3.05) is 19.0 Å². The van der Waals surface area contributed by atoms with Gasteiger partial charge in [0.1, 0.15) is 5.82 Å². The number of hydrogen-bond acceptors (Lipinski definition) is 3. The average molecular weight is 338 g/mol. The minimum absolute atomic E-state index is 0.0888. The monoisotopic (exact) mass is 338 g/mol. The van der Waals surface area contributed by atoms with Crippen LogP contribution >= 0.6 is 0 Å². The lowest BCUT2D eigenvalue weighted by molar-refractivity contribution is 0.235. The molecule has 0 saturated carbocycles. The van der Waals surface area contributed by atoms with Crippen molar-refractivity contribution < 1.29 is 4.79 Å². The van der Waals surface area contributed by atoms with Gasteiger partial charge < -0.3 is 15.5 Å². The van der Waals surface area contributed by atoms with Gasteiger partial charge in [-0.05, 0) is 43.4 Å². The third-order valence-corrected chi connectivity index (χ3v) is 4.65. The first kappa shape index (κ1) is 17.3. The average Bonchev–Trinajstić information content (AvgIpc) is 2.60. The number of amides is 2. The fraction of sp³-hybridized carbons (Fsp3) is 0.400. The minimum atomic E-state index is -0.132. The molecule has 2 aromatic rings. The largest absolute Gasteiger partial charge is 0.362 e. The number of aryl methyl sites for hydroxylation is 2. The summed E-state index contributed by atoms with van der Waals surface area (Å²) in [6.45, 7) is 2.55. The molecule has 1 atom stereocenters. The molecule has 25 heavy (non-hydrogen) atoms. The van der Waals surface area contributed by atoms with Gasteiger partial charge in [-0.15, -0.1) is 0 Å². The van der Waals surface area contributed by atoms with Crippen LogP contribution in [0.5, 0.6) is 0 Å². The zero-order chi connectivity index (χ0) is 17.8. The summed E-state index contributed by atoms with van der Waals surface area (Å²) in [5.74, 6) is 0.876. The first-order chi connectivity index (χ1) is 12.0. The molecule has 1 aromatic heterocycles. The Morgan fingerprint density at radius 3 is 2.96 bits per heavy atom. The maximum absolute atomic E-state index is 12.4. The van der Waals surface area contributed by atoms with Gasteiger partial charge in [0, 0.05) is 32.4 Å². The summed E-state index contributed by atoms with van der Waals surface area (Å²) < 4.78 is 0. The molecule has 3 rings (SSSR count). The Kier molecular flexibility index (Phi) is 5.22. The number of carbonyl (C=O) groups is 1.